The number of ether oxygens (including phenoxy) is 2. The number of rotatable bonds is 5. The fourth-order valence-corrected chi connectivity index (χ4v) is 1.64. The molecule has 0 aromatic heterocycles. The van der Waals surface area contributed by atoms with Gasteiger partial charge in [0.05, 0.1) is 7.11 Å². The largest absolute Gasteiger partial charge is 0.497 e. The van der Waals surface area contributed by atoms with Crippen molar-refractivity contribution in [3.63, 3.8) is 0 Å². The second kappa shape index (κ2) is 6.41. The number of carboxylic acids is 1. The lowest BCUT2D eigenvalue weighted by atomic mass is 9.99. The van der Waals surface area contributed by atoms with Gasteiger partial charge in [-0.15, -0.1) is 0 Å². The van der Waals surface area contributed by atoms with Gasteiger partial charge in [-0.05, 0) is 44.9 Å². The number of carbonyl (C=O) groups is 2. The molecule has 1 N–H and O–H groups in total. The van der Waals surface area contributed by atoms with Gasteiger partial charge in [0.1, 0.15) is 11.4 Å². The predicted octanol–water partition coefficient (Wildman–Crippen LogP) is 2.28. The van der Waals surface area contributed by atoms with Crippen molar-refractivity contribution in [2.75, 3.05) is 7.11 Å². The summed E-state index contributed by atoms with van der Waals surface area (Å²) in [6, 6.07) is 6.92. The zero-order valence-corrected chi connectivity index (χ0v) is 12.2. The molecule has 1 aromatic rings. The van der Waals surface area contributed by atoms with Gasteiger partial charge in [0.2, 0.25) is 0 Å². The third-order valence-electron chi connectivity index (χ3n) is 2.59. The number of esters is 1. The molecule has 0 amide bonds. The van der Waals surface area contributed by atoms with Crippen molar-refractivity contribution in [3.8, 4) is 5.75 Å². The Bertz CT molecular complexity index is 470. The molecule has 0 heterocycles. The molecule has 1 aromatic carbocycles. The van der Waals surface area contributed by atoms with E-state index in [1.807, 2.05) is 0 Å². The molecule has 1 rings (SSSR count). The summed E-state index contributed by atoms with van der Waals surface area (Å²) in [7, 11) is 1.55. The fraction of sp³-hybridized carbons (Fsp3) is 0.467. The van der Waals surface area contributed by atoms with Gasteiger partial charge >= 0.3 is 11.9 Å². The highest BCUT2D eigenvalue weighted by molar-refractivity contribution is 5.94. The predicted molar refractivity (Wildman–Crippen MR) is 73.7 cm³/mol. The van der Waals surface area contributed by atoms with Crippen molar-refractivity contribution in [3.05, 3.63) is 29.8 Å². The average molecular weight is 280 g/mol. The second-order valence-corrected chi connectivity index (χ2v) is 5.48. The molecule has 0 fully saturated rings. The van der Waals surface area contributed by atoms with Crippen LogP contribution in [0, 0.1) is 5.92 Å². The number of carbonyl (C=O) groups excluding carboxylic acids is 1. The van der Waals surface area contributed by atoms with E-state index in [2.05, 4.69) is 0 Å². The Morgan fingerprint density at radius 2 is 1.75 bits per heavy atom. The topological polar surface area (TPSA) is 72.8 Å². The average Bonchev–Trinajstić information content (AvgIpc) is 2.34. The van der Waals surface area contributed by atoms with E-state index in [0.29, 0.717) is 5.75 Å². The van der Waals surface area contributed by atoms with Gasteiger partial charge < -0.3 is 14.6 Å². The molecule has 110 valence electrons. The Balaban J connectivity index is 2.81. The first-order chi connectivity index (χ1) is 9.23. The summed E-state index contributed by atoms with van der Waals surface area (Å²) in [6.45, 7) is 5.12. The molecule has 0 saturated heterocycles. The van der Waals surface area contributed by atoms with Crippen molar-refractivity contribution in [1.29, 1.82) is 0 Å². The van der Waals surface area contributed by atoms with Crippen LogP contribution in [0.5, 0.6) is 5.75 Å². The van der Waals surface area contributed by atoms with Crippen LogP contribution < -0.4 is 4.74 Å². The Kier molecular flexibility index (Phi) is 5.13. The molecule has 0 saturated carbocycles. The molecule has 1 unspecified atom stereocenters. The van der Waals surface area contributed by atoms with Crippen molar-refractivity contribution in [2.45, 2.75) is 32.8 Å². The number of carboxylic acid groups (broad SMARTS) is 1. The van der Waals surface area contributed by atoms with E-state index in [9.17, 15) is 14.7 Å². The van der Waals surface area contributed by atoms with Crippen molar-refractivity contribution in [2.24, 2.45) is 5.92 Å². The molecule has 5 nitrogen and oxygen atoms in total. The zero-order chi connectivity index (χ0) is 15.3. The van der Waals surface area contributed by atoms with Gasteiger partial charge in [-0.2, -0.15) is 0 Å². The van der Waals surface area contributed by atoms with Gasteiger partial charge in [0, 0.05) is 0 Å². The summed E-state index contributed by atoms with van der Waals surface area (Å²) >= 11 is 0. The molecule has 0 spiro atoms. The summed E-state index contributed by atoms with van der Waals surface area (Å²) in [5, 5.41) is 9.18. The minimum atomic E-state index is -1.21. The number of methoxy groups -OCH3 is 1. The Labute approximate surface area is 118 Å². The highest BCUT2D eigenvalue weighted by Gasteiger charge is 2.31. The smallest absolute Gasteiger partial charge is 0.321 e. The normalized spacial score (nSPS) is 12.6. The summed E-state index contributed by atoms with van der Waals surface area (Å²) in [5.74, 6) is -2.43. The zero-order valence-electron chi connectivity index (χ0n) is 12.2. The van der Waals surface area contributed by atoms with E-state index >= 15 is 0 Å². The molecular formula is C15H20O5. The fourth-order valence-electron chi connectivity index (χ4n) is 1.64. The molecule has 5 heteroatoms. The third kappa shape index (κ3) is 4.91. The van der Waals surface area contributed by atoms with Gasteiger partial charge in [-0.3, -0.25) is 9.59 Å². The van der Waals surface area contributed by atoms with Gasteiger partial charge in [0.25, 0.3) is 0 Å². The maximum Gasteiger partial charge on any atom is 0.321 e. The van der Waals surface area contributed by atoms with Crippen LogP contribution in [0.3, 0.4) is 0 Å². The highest BCUT2D eigenvalue weighted by Crippen LogP contribution is 2.18. The summed E-state index contributed by atoms with van der Waals surface area (Å²) in [5.41, 5.74) is 0.0362. The number of hydrogen-bond acceptors (Lipinski definition) is 4. The van der Waals surface area contributed by atoms with Crippen LogP contribution in [0.2, 0.25) is 0 Å². The molecule has 0 aliphatic heterocycles. The standard InChI is InChI=1S/C15H20O5/c1-15(2,3)20-14(18)12(13(16)17)9-10-5-7-11(19-4)8-6-10/h5-8,12H,9H2,1-4H3,(H,16,17). The van der Waals surface area contributed by atoms with E-state index in [-0.39, 0.29) is 6.42 Å². The van der Waals surface area contributed by atoms with Crippen molar-refractivity contribution in [1.82, 2.24) is 0 Å². The van der Waals surface area contributed by atoms with E-state index in [0.717, 1.165) is 5.56 Å². The maximum atomic E-state index is 11.9. The summed E-state index contributed by atoms with van der Waals surface area (Å²) < 4.78 is 10.2. The molecule has 0 radical (unpaired) electrons. The minimum absolute atomic E-state index is 0.0915. The van der Waals surface area contributed by atoms with Crippen LogP contribution in [0.1, 0.15) is 26.3 Å². The van der Waals surface area contributed by atoms with Crippen LogP contribution in [-0.2, 0) is 20.7 Å². The molecule has 0 bridgehead atoms. The van der Waals surface area contributed by atoms with Crippen LogP contribution in [0.4, 0.5) is 0 Å². The first kappa shape index (κ1) is 16.0. The van der Waals surface area contributed by atoms with Crippen LogP contribution in [0.15, 0.2) is 24.3 Å². The summed E-state index contributed by atoms with van der Waals surface area (Å²) in [4.78, 5) is 23.1. The minimum Gasteiger partial charge on any atom is -0.497 e. The van der Waals surface area contributed by atoms with Crippen LogP contribution in [0.25, 0.3) is 0 Å². The highest BCUT2D eigenvalue weighted by atomic mass is 16.6. The van der Waals surface area contributed by atoms with Gasteiger partial charge in [-0.25, -0.2) is 0 Å². The third-order valence-corrected chi connectivity index (χ3v) is 2.59. The van der Waals surface area contributed by atoms with Gasteiger partial charge in [-0.1, -0.05) is 12.1 Å². The molecule has 1 atom stereocenters. The van der Waals surface area contributed by atoms with Gasteiger partial charge in [0.15, 0.2) is 5.92 Å². The van der Waals surface area contributed by atoms with E-state index in [4.69, 9.17) is 9.47 Å². The van der Waals surface area contributed by atoms with E-state index < -0.39 is 23.5 Å². The lowest BCUT2D eigenvalue weighted by Gasteiger charge is -2.22. The lowest BCUT2D eigenvalue weighted by molar-refractivity contribution is -0.166. The van der Waals surface area contributed by atoms with Crippen LogP contribution in [-0.4, -0.2) is 29.8 Å². The van der Waals surface area contributed by atoms with Crippen molar-refractivity contribution < 1.29 is 24.2 Å². The van der Waals surface area contributed by atoms with Crippen molar-refractivity contribution >= 4 is 11.9 Å². The number of aliphatic carboxylic acids is 1. The molecule has 0 aliphatic carbocycles. The van der Waals surface area contributed by atoms with E-state index in [1.54, 1.807) is 52.1 Å². The Morgan fingerprint density at radius 3 is 2.15 bits per heavy atom. The molecule has 20 heavy (non-hydrogen) atoms. The number of benzene rings is 1. The first-order valence-electron chi connectivity index (χ1n) is 6.31. The van der Waals surface area contributed by atoms with E-state index in [1.165, 1.54) is 0 Å². The Morgan fingerprint density at radius 1 is 1.20 bits per heavy atom. The number of hydrogen-bond donors (Lipinski definition) is 1. The second-order valence-electron chi connectivity index (χ2n) is 5.48. The quantitative estimate of drug-likeness (QED) is 0.661. The lowest BCUT2D eigenvalue weighted by Crippen LogP contribution is -2.33. The summed E-state index contributed by atoms with van der Waals surface area (Å²) in [6.07, 6.45) is 0.0915. The first-order valence-corrected chi connectivity index (χ1v) is 6.31. The SMILES string of the molecule is COc1ccc(CC(C(=O)O)C(=O)OC(C)(C)C)cc1. The molecule has 0 aliphatic rings. The maximum absolute atomic E-state index is 11.9. The molecular weight excluding hydrogens is 260 g/mol. The van der Waals surface area contributed by atoms with Crippen LogP contribution >= 0.6 is 0 Å². The Hall–Kier alpha value is -2.04. The monoisotopic (exact) mass is 280 g/mol.